The van der Waals surface area contributed by atoms with Crippen LogP contribution in [0.5, 0.6) is 0 Å². The fourth-order valence-corrected chi connectivity index (χ4v) is 8.03. The summed E-state index contributed by atoms with van der Waals surface area (Å²) >= 11 is 0. The Morgan fingerprint density at radius 1 is 0.308 bits per heavy atom. The molecule has 0 aromatic rings. The summed E-state index contributed by atoms with van der Waals surface area (Å²) in [4.78, 5) is 37.9. The van der Waals surface area contributed by atoms with Crippen LogP contribution in [0.25, 0.3) is 0 Å². The lowest BCUT2D eigenvalue weighted by Crippen LogP contribution is -2.30. The summed E-state index contributed by atoms with van der Waals surface area (Å²) in [5, 5.41) is 0. The van der Waals surface area contributed by atoms with Gasteiger partial charge in [-0.3, -0.25) is 14.4 Å². The molecule has 65 heavy (non-hydrogen) atoms. The molecule has 0 aliphatic rings. The first kappa shape index (κ1) is 62.4. The molecular formula is C59H106O6. The fraction of sp³-hybridized carbons (Fsp3) is 0.814. The minimum Gasteiger partial charge on any atom is -0.462 e. The molecule has 0 saturated heterocycles. The fourth-order valence-electron chi connectivity index (χ4n) is 8.03. The minimum absolute atomic E-state index is 0.0775. The summed E-state index contributed by atoms with van der Waals surface area (Å²) in [6.07, 6.45) is 65.4. The summed E-state index contributed by atoms with van der Waals surface area (Å²) in [7, 11) is 0. The molecule has 0 fully saturated rings. The smallest absolute Gasteiger partial charge is 0.306 e. The van der Waals surface area contributed by atoms with Gasteiger partial charge in [0.2, 0.25) is 0 Å². The third kappa shape index (κ3) is 52.2. The Bertz CT molecular complexity index is 1140. The molecule has 0 rings (SSSR count). The first-order valence-corrected chi connectivity index (χ1v) is 28.1. The SMILES string of the molecule is CCCCCC/C=C\C/C=C\CCCCCCCC(=O)OC(COC(=O)CCCCCCCCCC)COC(=O)CCCCCCCCCCCCC/C=C\C/C=C\CCCCCCC. The van der Waals surface area contributed by atoms with Crippen LogP contribution in [0.3, 0.4) is 0 Å². The number of allylic oxidation sites excluding steroid dienone is 8. The summed E-state index contributed by atoms with van der Waals surface area (Å²) in [5.41, 5.74) is 0. The van der Waals surface area contributed by atoms with Gasteiger partial charge in [-0.15, -0.1) is 0 Å². The van der Waals surface area contributed by atoms with Crippen molar-refractivity contribution in [3.05, 3.63) is 48.6 Å². The summed E-state index contributed by atoms with van der Waals surface area (Å²) in [6, 6.07) is 0. The number of rotatable bonds is 51. The van der Waals surface area contributed by atoms with Crippen LogP contribution >= 0.6 is 0 Å². The van der Waals surface area contributed by atoms with Gasteiger partial charge in [0.25, 0.3) is 0 Å². The maximum atomic E-state index is 12.8. The number of carbonyl (C=O) groups is 3. The molecule has 378 valence electrons. The van der Waals surface area contributed by atoms with Crippen LogP contribution in [0.15, 0.2) is 48.6 Å². The van der Waals surface area contributed by atoms with Crippen molar-refractivity contribution in [1.29, 1.82) is 0 Å². The van der Waals surface area contributed by atoms with Crippen LogP contribution in [0.2, 0.25) is 0 Å². The van der Waals surface area contributed by atoms with Gasteiger partial charge < -0.3 is 14.2 Å². The monoisotopic (exact) mass is 911 g/mol. The van der Waals surface area contributed by atoms with Crippen molar-refractivity contribution in [2.24, 2.45) is 0 Å². The Hall–Kier alpha value is -2.63. The van der Waals surface area contributed by atoms with Gasteiger partial charge in [0.15, 0.2) is 6.10 Å². The molecule has 0 radical (unpaired) electrons. The summed E-state index contributed by atoms with van der Waals surface area (Å²) in [6.45, 7) is 6.59. The van der Waals surface area contributed by atoms with E-state index in [0.717, 1.165) is 89.9 Å². The third-order valence-corrected chi connectivity index (χ3v) is 12.3. The average molecular weight is 911 g/mol. The maximum absolute atomic E-state index is 12.8. The maximum Gasteiger partial charge on any atom is 0.306 e. The van der Waals surface area contributed by atoms with E-state index in [2.05, 4.69) is 69.4 Å². The molecule has 1 unspecified atom stereocenters. The third-order valence-electron chi connectivity index (χ3n) is 12.3. The van der Waals surface area contributed by atoms with Crippen molar-refractivity contribution < 1.29 is 28.6 Å². The van der Waals surface area contributed by atoms with E-state index in [1.165, 1.54) is 161 Å². The molecule has 0 spiro atoms. The summed E-state index contributed by atoms with van der Waals surface area (Å²) in [5.74, 6) is -0.888. The van der Waals surface area contributed by atoms with Crippen LogP contribution in [0.4, 0.5) is 0 Å². The predicted octanol–water partition coefficient (Wildman–Crippen LogP) is 18.7. The number of hydrogen-bond acceptors (Lipinski definition) is 6. The molecular weight excluding hydrogens is 805 g/mol. The van der Waals surface area contributed by atoms with E-state index in [4.69, 9.17) is 14.2 Å². The Morgan fingerprint density at radius 2 is 0.554 bits per heavy atom. The largest absolute Gasteiger partial charge is 0.462 e. The van der Waals surface area contributed by atoms with E-state index in [9.17, 15) is 14.4 Å². The molecule has 0 aromatic heterocycles. The number of ether oxygens (including phenoxy) is 3. The average Bonchev–Trinajstić information content (AvgIpc) is 3.30. The standard InChI is InChI=1S/C59H106O6/c1-4-7-10-13-16-19-21-23-25-27-28-29-30-31-32-33-35-36-38-40-43-46-49-52-58(61)64-55-56(54-63-57(60)51-48-45-42-18-15-12-9-6-3)65-59(62)53-50-47-44-41-39-37-34-26-24-22-20-17-14-11-8-5-2/h20-23,26-28,34,56H,4-19,24-25,29-33,35-55H2,1-3H3/b22-20-,23-21-,28-27-,34-26-. The Labute approximate surface area is 403 Å². The van der Waals surface area contributed by atoms with Crippen LogP contribution in [-0.4, -0.2) is 37.2 Å². The van der Waals surface area contributed by atoms with Gasteiger partial charge in [-0.25, -0.2) is 0 Å². The van der Waals surface area contributed by atoms with Gasteiger partial charge in [-0.1, -0.05) is 236 Å². The zero-order chi connectivity index (χ0) is 47.2. The molecule has 0 amide bonds. The highest BCUT2D eigenvalue weighted by Gasteiger charge is 2.19. The zero-order valence-electron chi connectivity index (χ0n) is 43.3. The highest BCUT2D eigenvalue weighted by atomic mass is 16.6. The normalized spacial score (nSPS) is 12.4. The second kappa shape index (κ2) is 54.0. The van der Waals surface area contributed by atoms with E-state index in [-0.39, 0.29) is 31.1 Å². The minimum atomic E-state index is -0.777. The van der Waals surface area contributed by atoms with Crippen molar-refractivity contribution in [2.75, 3.05) is 13.2 Å². The van der Waals surface area contributed by atoms with E-state index in [1.807, 2.05) is 0 Å². The molecule has 0 aliphatic heterocycles. The van der Waals surface area contributed by atoms with Crippen LogP contribution in [0.1, 0.15) is 290 Å². The van der Waals surface area contributed by atoms with Crippen molar-refractivity contribution >= 4 is 17.9 Å². The van der Waals surface area contributed by atoms with Crippen molar-refractivity contribution in [2.45, 2.75) is 297 Å². The number of hydrogen-bond donors (Lipinski definition) is 0. The van der Waals surface area contributed by atoms with E-state index in [0.29, 0.717) is 19.3 Å². The van der Waals surface area contributed by atoms with Crippen molar-refractivity contribution in [1.82, 2.24) is 0 Å². The predicted molar refractivity (Wildman–Crippen MR) is 279 cm³/mol. The van der Waals surface area contributed by atoms with Gasteiger partial charge in [0, 0.05) is 19.3 Å². The lowest BCUT2D eigenvalue weighted by Gasteiger charge is -2.18. The Morgan fingerprint density at radius 3 is 0.862 bits per heavy atom. The second-order valence-corrected chi connectivity index (χ2v) is 18.8. The molecule has 6 heteroatoms. The number of carbonyl (C=O) groups excluding carboxylic acids is 3. The van der Waals surface area contributed by atoms with E-state index in [1.54, 1.807) is 0 Å². The van der Waals surface area contributed by atoms with Gasteiger partial charge in [0.1, 0.15) is 13.2 Å². The lowest BCUT2D eigenvalue weighted by molar-refractivity contribution is -0.167. The van der Waals surface area contributed by atoms with Crippen LogP contribution < -0.4 is 0 Å². The highest BCUT2D eigenvalue weighted by molar-refractivity contribution is 5.71. The topological polar surface area (TPSA) is 78.9 Å². The summed E-state index contributed by atoms with van der Waals surface area (Å²) < 4.78 is 16.8. The second-order valence-electron chi connectivity index (χ2n) is 18.8. The molecule has 0 bridgehead atoms. The highest BCUT2D eigenvalue weighted by Crippen LogP contribution is 2.15. The molecule has 0 N–H and O–H groups in total. The molecule has 0 saturated carbocycles. The zero-order valence-corrected chi connectivity index (χ0v) is 43.3. The number of unbranched alkanes of at least 4 members (excludes halogenated alkanes) is 32. The molecule has 0 aromatic carbocycles. The van der Waals surface area contributed by atoms with E-state index >= 15 is 0 Å². The first-order valence-electron chi connectivity index (χ1n) is 28.1. The first-order chi connectivity index (χ1) is 32.0. The van der Waals surface area contributed by atoms with Gasteiger partial charge in [-0.05, 0) is 83.5 Å². The molecule has 6 nitrogen and oxygen atoms in total. The van der Waals surface area contributed by atoms with Gasteiger partial charge in [0.05, 0.1) is 0 Å². The van der Waals surface area contributed by atoms with Gasteiger partial charge in [-0.2, -0.15) is 0 Å². The van der Waals surface area contributed by atoms with Crippen molar-refractivity contribution in [3.8, 4) is 0 Å². The Balaban J connectivity index is 4.22. The Kier molecular flexibility index (Phi) is 51.8. The number of esters is 3. The molecule has 1 atom stereocenters. The lowest BCUT2D eigenvalue weighted by atomic mass is 10.0. The molecule has 0 aliphatic carbocycles. The quantitative estimate of drug-likeness (QED) is 0.0262. The van der Waals surface area contributed by atoms with E-state index < -0.39 is 6.10 Å². The van der Waals surface area contributed by atoms with Gasteiger partial charge >= 0.3 is 17.9 Å². The molecule has 0 heterocycles. The van der Waals surface area contributed by atoms with Crippen LogP contribution in [0, 0.1) is 0 Å². The van der Waals surface area contributed by atoms with Crippen LogP contribution in [-0.2, 0) is 28.6 Å². The van der Waals surface area contributed by atoms with Crippen molar-refractivity contribution in [3.63, 3.8) is 0 Å².